The lowest BCUT2D eigenvalue weighted by Gasteiger charge is -2.11. The van der Waals surface area contributed by atoms with Crippen LogP contribution in [0.5, 0.6) is 0 Å². The zero-order valence-electron chi connectivity index (χ0n) is 14.6. The topological polar surface area (TPSA) is 116 Å². The number of ether oxygens (including phenoxy) is 1. The molecule has 150 valence electrons. The summed E-state index contributed by atoms with van der Waals surface area (Å²) in [5, 5.41) is 19.0. The molecule has 1 atom stereocenters. The van der Waals surface area contributed by atoms with E-state index in [4.69, 9.17) is 0 Å². The van der Waals surface area contributed by atoms with Crippen molar-refractivity contribution >= 4 is 27.8 Å². The highest BCUT2D eigenvalue weighted by Gasteiger charge is 2.14. The molecule has 2 aromatic heterocycles. The second kappa shape index (κ2) is 7.53. The van der Waals surface area contributed by atoms with Gasteiger partial charge in [0.25, 0.3) is 12.0 Å². The number of imidazole rings is 1. The molecular formula is C18H14F3N5O3. The van der Waals surface area contributed by atoms with E-state index in [1.54, 1.807) is 18.2 Å². The van der Waals surface area contributed by atoms with E-state index in [0.717, 1.165) is 0 Å². The minimum atomic E-state index is -2.71. The van der Waals surface area contributed by atoms with Gasteiger partial charge in [-0.15, -0.1) is 0 Å². The fraction of sp³-hybridized carbons (Fsp3) is 0.167. The summed E-state index contributed by atoms with van der Waals surface area (Å²) in [7, 11) is 0. The van der Waals surface area contributed by atoms with E-state index in [9.17, 15) is 23.1 Å². The van der Waals surface area contributed by atoms with Crippen LogP contribution in [0, 0.1) is 5.82 Å². The first-order valence-corrected chi connectivity index (χ1v) is 8.43. The Labute approximate surface area is 160 Å². The van der Waals surface area contributed by atoms with Gasteiger partial charge in [-0.3, -0.25) is 4.79 Å². The van der Waals surface area contributed by atoms with E-state index < -0.39 is 30.8 Å². The third-order valence-electron chi connectivity index (χ3n) is 4.15. The summed E-state index contributed by atoms with van der Waals surface area (Å²) in [6, 6.07) is 8.81. The van der Waals surface area contributed by atoms with Crippen LogP contribution in [-0.4, -0.2) is 44.7 Å². The monoisotopic (exact) mass is 405 g/mol. The second-order valence-corrected chi connectivity index (χ2v) is 6.13. The molecule has 0 radical (unpaired) electrons. The minimum absolute atomic E-state index is 0.101. The highest BCUT2D eigenvalue weighted by atomic mass is 19.3. The smallest absolute Gasteiger partial charge is 0.272 e. The van der Waals surface area contributed by atoms with Crippen molar-refractivity contribution in [3.8, 4) is 11.3 Å². The van der Waals surface area contributed by atoms with Crippen LogP contribution in [0.4, 0.5) is 19.1 Å². The number of aromatic amines is 2. The quantitative estimate of drug-likeness (QED) is 0.367. The lowest BCUT2D eigenvalue weighted by Crippen LogP contribution is -2.25. The second-order valence-electron chi connectivity index (χ2n) is 6.13. The number of halogens is 3. The summed E-state index contributed by atoms with van der Waals surface area (Å²) in [4.78, 5) is 19.0. The Morgan fingerprint density at radius 3 is 2.79 bits per heavy atom. The molecule has 4 aromatic rings. The van der Waals surface area contributed by atoms with Crippen molar-refractivity contribution in [1.29, 1.82) is 0 Å². The zero-order chi connectivity index (χ0) is 20.5. The van der Waals surface area contributed by atoms with Gasteiger partial charge in [0.15, 0.2) is 0 Å². The number of alkyl halides is 2. The Kier molecular flexibility index (Phi) is 4.91. The number of H-pyrrole nitrogens is 2. The summed E-state index contributed by atoms with van der Waals surface area (Å²) in [6.07, 6.45) is -4.38. The first kappa shape index (κ1) is 18.9. The Morgan fingerprint density at radius 1 is 1.17 bits per heavy atom. The van der Waals surface area contributed by atoms with Crippen LogP contribution in [0.25, 0.3) is 33.1 Å². The number of fused-ring (bicyclic) bond motifs is 2. The van der Waals surface area contributed by atoms with Crippen molar-refractivity contribution in [2.24, 2.45) is 0 Å². The number of anilines is 1. The van der Waals surface area contributed by atoms with Crippen LogP contribution in [0.3, 0.4) is 0 Å². The van der Waals surface area contributed by atoms with Crippen molar-refractivity contribution in [3.63, 3.8) is 0 Å². The Bertz CT molecular complexity index is 1240. The van der Waals surface area contributed by atoms with Crippen LogP contribution in [0.2, 0.25) is 0 Å². The Hall–Kier alpha value is -3.44. The Balaban J connectivity index is 1.68. The number of aliphatic hydroxyl groups excluding tert-OH is 1. The van der Waals surface area contributed by atoms with Gasteiger partial charge >= 0.3 is 0 Å². The van der Waals surface area contributed by atoms with Crippen LogP contribution in [-0.2, 0) is 4.74 Å². The molecule has 1 unspecified atom stereocenters. The maximum atomic E-state index is 13.7. The normalized spacial score (nSPS) is 12.7. The molecule has 0 aliphatic heterocycles. The third kappa shape index (κ3) is 3.91. The van der Waals surface area contributed by atoms with Gasteiger partial charge in [-0.25, -0.2) is 23.3 Å². The predicted molar refractivity (Wildman–Crippen MR) is 99.0 cm³/mol. The van der Waals surface area contributed by atoms with E-state index in [2.05, 4.69) is 30.2 Å². The maximum Gasteiger partial charge on any atom is 0.272 e. The molecule has 0 aliphatic rings. The van der Waals surface area contributed by atoms with Gasteiger partial charge in [-0.1, -0.05) is 6.07 Å². The average Bonchev–Trinajstić information content (AvgIpc) is 3.08. The summed E-state index contributed by atoms with van der Waals surface area (Å²) in [6.45, 7) is -0.930. The summed E-state index contributed by atoms with van der Waals surface area (Å²) < 4.78 is 42.5. The van der Waals surface area contributed by atoms with Crippen molar-refractivity contribution in [1.82, 2.24) is 20.2 Å². The SMILES string of the molecule is O=c1[nH]nc(-c2ccc3[nH]c(NC(O)OCC(F)F)nc3c2)c2cc(F)ccc12. The fourth-order valence-corrected chi connectivity index (χ4v) is 2.90. The van der Waals surface area contributed by atoms with Gasteiger partial charge in [0.05, 0.1) is 22.1 Å². The van der Waals surface area contributed by atoms with Crippen molar-refractivity contribution in [2.75, 3.05) is 11.9 Å². The minimum Gasteiger partial charge on any atom is -0.351 e. The predicted octanol–water partition coefficient (Wildman–Crippen LogP) is 2.58. The first-order valence-electron chi connectivity index (χ1n) is 8.43. The molecule has 8 nitrogen and oxygen atoms in total. The average molecular weight is 405 g/mol. The number of hydrogen-bond acceptors (Lipinski definition) is 6. The number of hydrogen-bond donors (Lipinski definition) is 4. The molecule has 11 heteroatoms. The molecule has 2 heterocycles. The lowest BCUT2D eigenvalue weighted by atomic mass is 10.0. The van der Waals surface area contributed by atoms with Crippen LogP contribution < -0.4 is 10.9 Å². The number of rotatable bonds is 6. The van der Waals surface area contributed by atoms with Gasteiger partial charge in [0.1, 0.15) is 12.4 Å². The number of aromatic nitrogens is 4. The van der Waals surface area contributed by atoms with E-state index in [1.165, 1.54) is 18.2 Å². The van der Waals surface area contributed by atoms with E-state index in [-0.39, 0.29) is 5.95 Å². The Morgan fingerprint density at radius 2 is 2.00 bits per heavy atom. The fourth-order valence-electron chi connectivity index (χ4n) is 2.90. The van der Waals surface area contributed by atoms with Crippen molar-refractivity contribution in [3.05, 3.63) is 52.6 Å². The van der Waals surface area contributed by atoms with Gasteiger partial charge < -0.3 is 20.1 Å². The molecule has 2 aromatic carbocycles. The molecule has 29 heavy (non-hydrogen) atoms. The van der Waals surface area contributed by atoms with Crippen LogP contribution >= 0.6 is 0 Å². The highest BCUT2D eigenvalue weighted by molar-refractivity contribution is 5.95. The van der Waals surface area contributed by atoms with Gasteiger partial charge in [-0.05, 0) is 30.3 Å². The standard InChI is InChI=1S/C18H14F3N5O3/c19-9-2-3-10-11(6-9)15(25-26-16(10)27)8-1-4-12-13(5-8)23-17(22-12)24-18(28)29-7-14(20)21/h1-6,14,18,28H,7H2,(H,26,27)(H2,22,23,24). The molecular weight excluding hydrogens is 391 g/mol. The molecule has 0 amide bonds. The lowest BCUT2D eigenvalue weighted by molar-refractivity contribution is -0.111. The van der Waals surface area contributed by atoms with Crippen molar-refractivity contribution < 1.29 is 23.0 Å². The van der Waals surface area contributed by atoms with Gasteiger partial charge in [0.2, 0.25) is 12.4 Å². The van der Waals surface area contributed by atoms with Crippen LogP contribution in [0.15, 0.2) is 41.2 Å². The van der Waals surface area contributed by atoms with Gasteiger partial charge in [0, 0.05) is 10.9 Å². The summed E-state index contributed by atoms with van der Waals surface area (Å²) in [5.41, 5.74) is 1.53. The molecule has 0 saturated carbocycles. The number of aliphatic hydroxyl groups is 1. The largest absolute Gasteiger partial charge is 0.351 e. The highest BCUT2D eigenvalue weighted by Crippen LogP contribution is 2.27. The van der Waals surface area contributed by atoms with Crippen LogP contribution in [0.1, 0.15) is 0 Å². The molecule has 0 spiro atoms. The first-order chi connectivity index (χ1) is 13.9. The number of nitrogens with one attached hydrogen (secondary N) is 3. The zero-order valence-corrected chi connectivity index (χ0v) is 14.6. The molecule has 0 bridgehead atoms. The molecule has 4 rings (SSSR count). The summed E-state index contributed by atoms with van der Waals surface area (Å²) in [5.74, 6) is -0.402. The molecule has 0 fully saturated rings. The van der Waals surface area contributed by atoms with Crippen molar-refractivity contribution in [2.45, 2.75) is 12.8 Å². The van der Waals surface area contributed by atoms with E-state index >= 15 is 0 Å². The molecule has 4 N–H and O–H groups in total. The van der Waals surface area contributed by atoms with Gasteiger partial charge in [-0.2, -0.15) is 5.10 Å². The molecule has 0 saturated heterocycles. The van der Waals surface area contributed by atoms with E-state index in [1.807, 2.05) is 0 Å². The maximum absolute atomic E-state index is 13.7. The number of nitrogens with zero attached hydrogens (tertiary/aromatic N) is 2. The molecule has 0 aliphatic carbocycles. The van der Waals surface area contributed by atoms with E-state index in [0.29, 0.717) is 33.1 Å². The third-order valence-corrected chi connectivity index (χ3v) is 4.15. The summed E-state index contributed by atoms with van der Waals surface area (Å²) >= 11 is 0. The number of benzene rings is 2.